The van der Waals surface area contributed by atoms with Crippen molar-refractivity contribution in [3.05, 3.63) is 35.8 Å². The van der Waals surface area contributed by atoms with Crippen LogP contribution >= 0.6 is 0 Å². The van der Waals surface area contributed by atoms with Crippen molar-refractivity contribution in [1.82, 2.24) is 14.9 Å². The van der Waals surface area contributed by atoms with Gasteiger partial charge >= 0.3 is 0 Å². The number of benzene rings is 1. The van der Waals surface area contributed by atoms with Crippen molar-refractivity contribution in [2.75, 3.05) is 18.5 Å². The molecule has 2 amide bonds. The fourth-order valence-electron chi connectivity index (χ4n) is 2.67. The number of carbonyl (C=O) groups is 2. The number of nitrogens with one attached hydrogen (secondary N) is 2. The second-order valence-electron chi connectivity index (χ2n) is 6.00. The summed E-state index contributed by atoms with van der Waals surface area (Å²) >= 11 is 0. The van der Waals surface area contributed by atoms with E-state index in [0.717, 1.165) is 21.8 Å². The molecule has 3 rings (SSSR count). The van der Waals surface area contributed by atoms with E-state index in [2.05, 4.69) is 15.3 Å². The van der Waals surface area contributed by atoms with Crippen LogP contribution in [0.3, 0.4) is 0 Å². The van der Waals surface area contributed by atoms with E-state index in [9.17, 15) is 14.7 Å². The van der Waals surface area contributed by atoms with Crippen molar-refractivity contribution in [3.8, 4) is 0 Å². The van der Waals surface area contributed by atoms with E-state index in [1.807, 2.05) is 12.1 Å². The Kier molecular flexibility index (Phi) is 4.82. The van der Waals surface area contributed by atoms with E-state index in [4.69, 9.17) is 5.11 Å². The number of hydrogen-bond donors (Lipinski definition) is 4. The summed E-state index contributed by atoms with van der Waals surface area (Å²) in [7, 11) is 0. The van der Waals surface area contributed by atoms with E-state index < -0.39 is 11.8 Å². The molecular formula is C17H20N4O4. The number of carbonyl (C=O) groups excluding carboxylic acids is 2. The van der Waals surface area contributed by atoms with Crippen LogP contribution in [0, 0.1) is 0 Å². The number of aromatic amines is 1. The molecular weight excluding hydrogens is 324 g/mol. The Labute approximate surface area is 144 Å². The van der Waals surface area contributed by atoms with Crippen molar-refractivity contribution < 1.29 is 19.8 Å². The molecule has 8 heteroatoms. The normalized spacial score (nSPS) is 15.8. The molecule has 0 radical (unpaired) electrons. The van der Waals surface area contributed by atoms with Crippen molar-refractivity contribution >= 4 is 28.5 Å². The molecule has 1 atom stereocenters. The summed E-state index contributed by atoms with van der Waals surface area (Å²) in [6.45, 7) is 1.44. The molecule has 0 spiro atoms. The van der Waals surface area contributed by atoms with E-state index in [1.165, 1.54) is 6.08 Å². The van der Waals surface area contributed by atoms with Crippen LogP contribution in [-0.4, -0.2) is 56.2 Å². The van der Waals surface area contributed by atoms with Crippen LogP contribution in [0.4, 0.5) is 5.69 Å². The largest absolute Gasteiger partial charge is 0.395 e. The zero-order valence-electron chi connectivity index (χ0n) is 13.8. The summed E-state index contributed by atoms with van der Waals surface area (Å²) in [6, 6.07) is 5.39. The monoisotopic (exact) mass is 344 g/mol. The lowest BCUT2D eigenvalue weighted by Gasteiger charge is -2.13. The third-order valence-electron chi connectivity index (χ3n) is 3.94. The van der Waals surface area contributed by atoms with Crippen LogP contribution in [0.5, 0.6) is 0 Å². The minimum atomic E-state index is -0.457. The summed E-state index contributed by atoms with van der Waals surface area (Å²) in [4.78, 5) is 32.5. The van der Waals surface area contributed by atoms with Crippen LogP contribution in [0.1, 0.15) is 19.2 Å². The molecule has 25 heavy (non-hydrogen) atoms. The lowest BCUT2D eigenvalue weighted by Crippen LogP contribution is -2.34. The highest BCUT2D eigenvalue weighted by molar-refractivity contribution is 6.17. The van der Waals surface area contributed by atoms with Crippen molar-refractivity contribution in [3.63, 3.8) is 0 Å². The van der Waals surface area contributed by atoms with Gasteiger partial charge in [-0.15, -0.1) is 0 Å². The number of rotatable bonds is 7. The molecule has 1 aliphatic heterocycles. The number of anilines is 1. The van der Waals surface area contributed by atoms with Gasteiger partial charge in [-0.1, -0.05) is 0 Å². The Morgan fingerprint density at radius 1 is 1.36 bits per heavy atom. The first-order chi connectivity index (χ1) is 12.0. The van der Waals surface area contributed by atoms with E-state index in [0.29, 0.717) is 18.5 Å². The predicted molar refractivity (Wildman–Crippen MR) is 91.6 cm³/mol. The number of hydrogen-bond acceptors (Lipinski definition) is 6. The highest BCUT2D eigenvalue weighted by Gasteiger charge is 2.30. The molecule has 0 fully saturated rings. The fraction of sp³-hybridized carbons (Fsp3) is 0.353. The number of aromatic nitrogens is 2. The Morgan fingerprint density at radius 3 is 2.88 bits per heavy atom. The van der Waals surface area contributed by atoms with Gasteiger partial charge in [0.25, 0.3) is 11.8 Å². The Balaban J connectivity index is 1.75. The Morgan fingerprint density at radius 2 is 2.16 bits per heavy atom. The maximum Gasteiger partial charge on any atom is 0.277 e. The van der Waals surface area contributed by atoms with Crippen LogP contribution < -0.4 is 5.32 Å². The van der Waals surface area contributed by atoms with Crippen molar-refractivity contribution in [2.24, 2.45) is 0 Å². The summed E-state index contributed by atoms with van der Waals surface area (Å²) in [5, 5.41) is 21.2. The minimum absolute atomic E-state index is 0.0223. The summed E-state index contributed by atoms with van der Waals surface area (Å²) in [5.74, 6) is -0.112. The highest BCUT2D eigenvalue weighted by atomic mass is 16.3. The van der Waals surface area contributed by atoms with Crippen LogP contribution in [0.15, 0.2) is 30.0 Å². The first-order valence-corrected chi connectivity index (χ1v) is 8.10. The fourth-order valence-corrected chi connectivity index (χ4v) is 2.67. The molecule has 0 saturated carbocycles. The second kappa shape index (κ2) is 7.04. The third-order valence-corrected chi connectivity index (χ3v) is 3.94. The van der Waals surface area contributed by atoms with Gasteiger partial charge in [0, 0.05) is 18.2 Å². The van der Waals surface area contributed by atoms with Gasteiger partial charge in [-0.25, -0.2) is 4.98 Å². The highest BCUT2D eigenvalue weighted by Crippen LogP contribution is 2.21. The van der Waals surface area contributed by atoms with Crippen LogP contribution in [0.2, 0.25) is 0 Å². The van der Waals surface area contributed by atoms with Crippen LogP contribution in [0.25, 0.3) is 11.0 Å². The van der Waals surface area contributed by atoms with Crippen LogP contribution in [-0.2, 0) is 16.0 Å². The van der Waals surface area contributed by atoms with Gasteiger partial charge in [0.2, 0.25) is 0 Å². The topological polar surface area (TPSA) is 119 Å². The van der Waals surface area contributed by atoms with Gasteiger partial charge < -0.3 is 20.5 Å². The SMILES string of the molecule is CC(O)CCc1nc2ccc(NC3=CC(=O)N(CCO)C3=O)cc2[nH]1. The Hall–Kier alpha value is -2.71. The second-order valence-corrected chi connectivity index (χ2v) is 6.00. The molecule has 1 aliphatic rings. The third kappa shape index (κ3) is 3.70. The molecule has 4 N–H and O–H groups in total. The number of fused-ring (bicyclic) bond motifs is 1. The number of imidazole rings is 1. The molecule has 132 valence electrons. The number of aliphatic hydroxyl groups is 2. The molecule has 1 unspecified atom stereocenters. The summed E-state index contributed by atoms with van der Waals surface area (Å²) < 4.78 is 0. The number of amides is 2. The number of aliphatic hydroxyl groups excluding tert-OH is 2. The molecule has 1 aromatic heterocycles. The molecule has 8 nitrogen and oxygen atoms in total. The number of β-amino-alcohol motifs (C(OH)–C–C–N with tert-alkyl or cyclic N) is 1. The molecule has 0 bridgehead atoms. The number of aryl methyl sites for hydroxylation is 1. The quantitative estimate of drug-likeness (QED) is 0.544. The predicted octanol–water partition coefficient (Wildman–Crippen LogP) is 0.533. The molecule has 0 aliphatic carbocycles. The minimum Gasteiger partial charge on any atom is -0.395 e. The Bertz CT molecular complexity index is 840. The van der Waals surface area contributed by atoms with Gasteiger partial charge in [-0.05, 0) is 31.5 Å². The van der Waals surface area contributed by atoms with Gasteiger partial charge in [0.05, 0.1) is 30.3 Å². The smallest absolute Gasteiger partial charge is 0.277 e. The molecule has 0 saturated heterocycles. The van der Waals surface area contributed by atoms with Gasteiger partial charge in [0.1, 0.15) is 11.5 Å². The summed E-state index contributed by atoms with van der Waals surface area (Å²) in [5.41, 5.74) is 2.41. The lowest BCUT2D eigenvalue weighted by atomic mass is 10.2. The summed E-state index contributed by atoms with van der Waals surface area (Å²) in [6.07, 6.45) is 2.10. The number of H-pyrrole nitrogens is 1. The first-order valence-electron chi connectivity index (χ1n) is 8.10. The van der Waals surface area contributed by atoms with Crippen molar-refractivity contribution in [1.29, 1.82) is 0 Å². The zero-order valence-corrected chi connectivity index (χ0v) is 13.8. The van der Waals surface area contributed by atoms with Crippen molar-refractivity contribution in [2.45, 2.75) is 25.9 Å². The van der Waals surface area contributed by atoms with E-state index in [1.54, 1.807) is 13.0 Å². The van der Waals surface area contributed by atoms with Gasteiger partial charge in [0.15, 0.2) is 0 Å². The maximum atomic E-state index is 12.1. The maximum absolute atomic E-state index is 12.1. The molecule has 1 aromatic carbocycles. The van der Waals surface area contributed by atoms with Gasteiger partial charge in [-0.3, -0.25) is 14.5 Å². The van der Waals surface area contributed by atoms with E-state index in [-0.39, 0.29) is 25.0 Å². The molecule has 2 aromatic rings. The molecule has 2 heterocycles. The zero-order chi connectivity index (χ0) is 18.0. The number of imide groups is 1. The lowest BCUT2D eigenvalue weighted by molar-refractivity contribution is -0.137. The van der Waals surface area contributed by atoms with Gasteiger partial charge in [-0.2, -0.15) is 0 Å². The van der Waals surface area contributed by atoms with E-state index >= 15 is 0 Å². The average molecular weight is 344 g/mol. The number of nitrogens with zero attached hydrogens (tertiary/aromatic N) is 2. The first kappa shape index (κ1) is 17.1. The standard InChI is InChI=1S/C17H20N4O4/c1-10(23)2-5-15-19-12-4-3-11(8-13(12)20-15)18-14-9-16(24)21(6-7-22)17(14)25/h3-4,8-10,18,22-23H,2,5-7H2,1H3,(H,19,20). The average Bonchev–Trinajstić information content (AvgIpc) is 3.09.